The second-order valence-corrected chi connectivity index (χ2v) is 5.14. The van der Waals surface area contributed by atoms with Crippen LogP contribution in [0.4, 0.5) is 24.7 Å². The Kier molecular flexibility index (Phi) is 3.28. The SMILES string of the molecule is O=C(O)c1c(C(F)(F)F)nn2c1N(c1ccc(Cl)cc1)CC2. The third-order valence-electron chi connectivity index (χ3n) is 3.34. The van der Waals surface area contributed by atoms with Gasteiger partial charge in [0, 0.05) is 17.3 Å². The molecule has 1 aromatic carbocycles. The van der Waals surface area contributed by atoms with Crippen molar-refractivity contribution in [2.24, 2.45) is 0 Å². The number of fused-ring (bicyclic) bond motifs is 1. The predicted molar refractivity (Wildman–Crippen MR) is 72.6 cm³/mol. The number of benzene rings is 1. The van der Waals surface area contributed by atoms with Gasteiger partial charge in [0.15, 0.2) is 5.69 Å². The number of rotatable bonds is 2. The zero-order valence-corrected chi connectivity index (χ0v) is 11.7. The molecule has 0 atom stereocenters. The molecule has 5 nitrogen and oxygen atoms in total. The minimum atomic E-state index is -4.82. The van der Waals surface area contributed by atoms with Crippen molar-refractivity contribution in [3.63, 3.8) is 0 Å². The van der Waals surface area contributed by atoms with Crippen molar-refractivity contribution >= 4 is 29.1 Å². The molecule has 0 aliphatic carbocycles. The molecule has 0 fully saturated rings. The lowest BCUT2D eigenvalue weighted by molar-refractivity contribution is -0.142. The van der Waals surface area contributed by atoms with Crippen molar-refractivity contribution in [3.05, 3.63) is 40.5 Å². The summed E-state index contributed by atoms with van der Waals surface area (Å²) in [7, 11) is 0. The van der Waals surface area contributed by atoms with Gasteiger partial charge in [-0.2, -0.15) is 18.3 Å². The maximum atomic E-state index is 13.0. The molecular formula is C13H9ClF3N3O2. The Morgan fingerprint density at radius 1 is 1.23 bits per heavy atom. The molecule has 0 saturated carbocycles. The second kappa shape index (κ2) is 4.91. The summed E-state index contributed by atoms with van der Waals surface area (Å²) in [6.07, 6.45) is -4.82. The Bertz CT molecular complexity index is 740. The average molecular weight is 332 g/mol. The van der Waals surface area contributed by atoms with Gasteiger partial charge < -0.3 is 10.0 Å². The number of carbonyl (C=O) groups is 1. The summed E-state index contributed by atoms with van der Waals surface area (Å²) in [5, 5.41) is 13.1. The number of anilines is 2. The predicted octanol–water partition coefficient (Wildman–Crippen LogP) is 3.41. The van der Waals surface area contributed by atoms with Crippen molar-refractivity contribution in [1.82, 2.24) is 9.78 Å². The lowest BCUT2D eigenvalue weighted by atomic mass is 10.2. The van der Waals surface area contributed by atoms with E-state index in [0.29, 0.717) is 17.3 Å². The molecular weight excluding hydrogens is 323 g/mol. The molecule has 0 radical (unpaired) electrons. The number of hydrogen-bond acceptors (Lipinski definition) is 3. The van der Waals surface area contributed by atoms with Crippen LogP contribution in [-0.2, 0) is 12.7 Å². The van der Waals surface area contributed by atoms with Crippen molar-refractivity contribution in [1.29, 1.82) is 0 Å². The van der Waals surface area contributed by atoms with Gasteiger partial charge in [-0.3, -0.25) is 0 Å². The topological polar surface area (TPSA) is 58.4 Å². The standard InChI is InChI=1S/C13H9ClF3N3O2/c14-7-1-3-8(4-2-7)19-5-6-20-11(19)9(12(21)22)10(18-20)13(15,16)17/h1-4H,5-6H2,(H,21,22). The van der Waals surface area contributed by atoms with Gasteiger partial charge in [0.2, 0.25) is 0 Å². The number of aromatic nitrogens is 2. The molecule has 9 heteroatoms. The van der Waals surface area contributed by atoms with Crippen LogP contribution in [0.1, 0.15) is 16.1 Å². The Morgan fingerprint density at radius 2 is 1.86 bits per heavy atom. The van der Waals surface area contributed by atoms with Crippen LogP contribution in [0.25, 0.3) is 0 Å². The smallest absolute Gasteiger partial charge is 0.436 e. The summed E-state index contributed by atoms with van der Waals surface area (Å²) in [6.45, 7) is 0.511. The summed E-state index contributed by atoms with van der Waals surface area (Å²) < 4.78 is 40.0. The maximum Gasteiger partial charge on any atom is 0.436 e. The number of carboxylic acids is 1. The molecule has 1 aliphatic heterocycles. The van der Waals surface area contributed by atoms with Crippen LogP contribution in [-0.4, -0.2) is 27.4 Å². The van der Waals surface area contributed by atoms with E-state index >= 15 is 0 Å². The van der Waals surface area contributed by atoms with E-state index in [1.165, 1.54) is 4.90 Å². The largest absolute Gasteiger partial charge is 0.477 e. The molecule has 1 N–H and O–H groups in total. The van der Waals surface area contributed by atoms with Gasteiger partial charge in [-0.05, 0) is 24.3 Å². The first-order chi connectivity index (χ1) is 10.3. The van der Waals surface area contributed by atoms with Gasteiger partial charge in [0.1, 0.15) is 11.4 Å². The molecule has 0 amide bonds. The van der Waals surface area contributed by atoms with Gasteiger partial charge >= 0.3 is 12.1 Å². The van der Waals surface area contributed by atoms with E-state index in [0.717, 1.165) is 4.68 Å². The molecule has 3 rings (SSSR count). The third kappa shape index (κ3) is 2.29. The summed E-state index contributed by atoms with van der Waals surface area (Å²) in [4.78, 5) is 12.8. The fourth-order valence-electron chi connectivity index (χ4n) is 2.45. The van der Waals surface area contributed by atoms with Gasteiger partial charge in [-0.25, -0.2) is 9.48 Å². The minimum absolute atomic E-state index is 0.0675. The lowest BCUT2D eigenvalue weighted by Crippen LogP contribution is -2.19. The molecule has 0 saturated heterocycles. The van der Waals surface area contributed by atoms with Crippen LogP contribution in [0.3, 0.4) is 0 Å². The molecule has 0 spiro atoms. The van der Waals surface area contributed by atoms with Crippen LogP contribution < -0.4 is 4.90 Å². The highest BCUT2D eigenvalue weighted by Crippen LogP contribution is 2.40. The number of hydrogen-bond donors (Lipinski definition) is 1. The quantitative estimate of drug-likeness (QED) is 0.916. The highest BCUT2D eigenvalue weighted by atomic mass is 35.5. The Labute approximate surface area is 127 Å². The first kappa shape index (κ1) is 14.7. The van der Waals surface area contributed by atoms with Gasteiger partial charge in [-0.15, -0.1) is 0 Å². The zero-order chi connectivity index (χ0) is 16.1. The first-order valence-electron chi connectivity index (χ1n) is 6.23. The number of carboxylic acid groups (broad SMARTS) is 1. The van der Waals surface area contributed by atoms with Gasteiger partial charge in [0.25, 0.3) is 0 Å². The van der Waals surface area contributed by atoms with Gasteiger partial charge in [0.05, 0.1) is 6.54 Å². The molecule has 1 aromatic heterocycles. The van der Waals surface area contributed by atoms with E-state index in [1.54, 1.807) is 24.3 Å². The normalized spacial score (nSPS) is 14.3. The van der Waals surface area contributed by atoms with E-state index in [-0.39, 0.29) is 12.4 Å². The summed E-state index contributed by atoms with van der Waals surface area (Å²) >= 11 is 5.79. The summed E-state index contributed by atoms with van der Waals surface area (Å²) in [6, 6.07) is 6.40. The van der Waals surface area contributed by atoms with Crippen molar-refractivity contribution in [2.75, 3.05) is 11.4 Å². The molecule has 2 heterocycles. The fraction of sp³-hybridized carbons (Fsp3) is 0.231. The zero-order valence-electron chi connectivity index (χ0n) is 10.9. The van der Waals surface area contributed by atoms with Gasteiger partial charge in [-0.1, -0.05) is 11.6 Å². The first-order valence-corrected chi connectivity index (χ1v) is 6.61. The fourth-order valence-corrected chi connectivity index (χ4v) is 2.58. The monoisotopic (exact) mass is 331 g/mol. The van der Waals surface area contributed by atoms with E-state index in [2.05, 4.69) is 5.10 Å². The van der Waals surface area contributed by atoms with E-state index in [1.807, 2.05) is 0 Å². The number of nitrogens with zero attached hydrogens (tertiary/aromatic N) is 3. The molecule has 0 unspecified atom stereocenters. The average Bonchev–Trinajstić information content (AvgIpc) is 2.97. The number of aromatic carboxylic acids is 1. The Balaban J connectivity index is 2.15. The molecule has 22 heavy (non-hydrogen) atoms. The molecule has 0 bridgehead atoms. The highest BCUT2D eigenvalue weighted by Gasteiger charge is 2.44. The summed E-state index contributed by atoms with van der Waals surface area (Å²) in [5.41, 5.74) is -1.66. The molecule has 1 aliphatic rings. The van der Waals surface area contributed by atoms with Crippen LogP contribution in [0, 0.1) is 0 Å². The van der Waals surface area contributed by atoms with E-state index < -0.39 is 23.4 Å². The highest BCUT2D eigenvalue weighted by molar-refractivity contribution is 6.30. The Hall–Kier alpha value is -2.22. The van der Waals surface area contributed by atoms with Crippen LogP contribution in [0.15, 0.2) is 24.3 Å². The van der Waals surface area contributed by atoms with Crippen molar-refractivity contribution < 1.29 is 23.1 Å². The van der Waals surface area contributed by atoms with E-state index in [4.69, 9.17) is 11.6 Å². The van der Waals surface area contributed by atoms with Crippen LogP contribution in [0.2, 0.25) is 5.02 Å². The van der Waals surface area contributed by atoms with Crippen LogP contribution in [0.5, 0.6) is 0 Å². The Morgan fingerprint density at radius 3 is 2.41 bits per heavy atom. The second-order valence-electron chi connectivity index (χ2n) is 4.70. The third-order valence-corrected chi connectivity index (χ3v) is 3.59. The lowest BCUT2D eigenvalue weighted by Gasteiger charge is -2.18. The number of halogens is 4. The molecule has 2 aromatic rings. The van der Waals surface area contributed by atoms with E-state index in [9.17, 15) is 23.1 Å². The number of alkyl halides is 3. The summed E-state index contributed by atoms with van der Waals surface area (Å²) in [5.74, 6) is -1.73. The molecule has 116 valence electrons. The maximum absolute atomic E-state index is 13.0. The van der Waals surface area contributed by atoms with Crippen molar-refractivity contribution in [3.8, 4) is 0 Å². The van der Waals surface area contributed by atoms with Crippen molar-refractivity contribution in [2.45, 2.75) is 12.7 Å². The minimum Gasteiger partial charge on any atom is -0.477 e. The van der Waals surface area contributed by atoms with Crippen LogP contribution >= 0.6 is 11.6 Å².